The molecule has 0 bridgehead atoms. The highest BCUT2D eigenvalue weighted by Gasteiger charge is 2.39. The fraction of sp³-hybridized carbons (Fsp3) is 0.227. The standard InChI is InChI=1S/C22H18FN3O3S/c23-16-7-3-1-6-15(16)21-20-14(13-5-2-4-8-17(13)24-20)9-10-25(21)18(27)11-26-19(28)12-30-22(26)29/h1-8,21,24H,9-12H2. The third-order valence-electron chi connectivity index (χ3n) is 5.69. The summed E-state index contributed by atoms with van der Waals surface area (Å²) in [4.78, 5) is 43.0. The number of rotatable bonds is 3. The Morgan fingerprint density at radius 2 is 1.90 bits per heavy atom. The Hall–Kier alpha value is -3.13. The van der Waals surface area contributed by atoms with Crippen LogP contribution in [0.3, 0.4) is 0 Å². The van der Waals surface area contributed by atoms with E-state index in [4.69, 9.17) is 0 Å². The van der Waals surface area contributed by atoms with Gasteiger partial charge in [0, 0.05) is 28.7 Å². The highest BCUT2D eigenvalue weighted by atomic mass is 32.2. The molecule has 1 aromatic heterocycles. The van der Waals surface area contributed by atoms with Gasteiger partial charge in [0.1, 0.15) is 18.4 Å². The van der Waals surface area contributed by atoms with Crippen LogP contribution in [0.25, 0.3) is 10.9 Å². The number of aromatic amines is 1. The molecule has 1 fully saturated rings. The summed E-state index contributed by atoms with van der Waals surface area (Å²) in [6.45, 7) is 0.0429. The first kappa shape index (κ1) is 18.9. The van der Waals surface area contributed by atoms with E-state index in [2.05, 4.69) is 4.98 Å². The van der Waals surface area contributed by atoms with Gasteiger partial charge in [-0.25, -0.2) is 4.39 Å². The summed E-state index contributed by atoms with van der Waals surface area (Å²) in [5.74, 6) is -1.11. The number of nitrogens with zero attached hydrogens (tertiary/aromatic N) is 2. The van der Waals surface area contributed by atoms with Gasteiger partial charge in [-0.1, -0.05) is 48.2 Å². The van der Waals surface area contributed by atoms with E-state index in [0.717, 1.165) is 38.8 Å². The van der Waals surface area contributed by atoms with Crippen molar-refractivity contribution in [2.75, 3.05) is 18.8 Å². The van der Waals surface area contributed by atoms with Gasteiger partial charge in [0.25, 0.3) is 5.24 Å². The first-order valence-corrected chi connectivity index (χ1v) is 10.6. The number of H-pyrrole nitrogens is 1. The minimum absolute atomic E-state index is 0.0506. The first-order valence-electron chi connectivity index (χ1n) is 9.65. The van der Waals surface area contributed by atoms with Crippen molar-refractivity contribution in [3.8, 4) is 0 Å². The highest BCUT2D eigenvalue weighted by molar-refractivity contribution is 8.14. The van der Waals surface area contributed by atoms with Crippen molar-refractivity contribution in [1.29, 1.82) is 0 Å². The maximum atomic E-state index is 14.8. The first-order chi connectivity index (χ1) is 14.5. The Kier molecular flexibility index (Phi) is 4.58. The summed E-state index contributed by atoms with van der Waals surface area (Å²) in [5.41, 5.74) is 3.15. The second-order valence-corrected chi connectivity index (χ2v) is 8.29. The zero-order valence-electron chi connectivity index (χ0n) is 15.9. The number of nitrogens with one attached hydrogen (secondary N) is 1. The molecule has 0 aliphatic carbocycles. The molecular weight excluding hydrogens is 405 g/mol. The smallest absolute Gasteiger partial charge is 0.289 e. The lowest BCUT2D eigenvalue weighted by Crippen LogP contribution is -2.46. The molecule has 6 nitrogen and oxygen atoms in total. The van der Waals surface area contributed by atoms with Crippen LogP contribution in [0.15, 0.2) is 48.5 Å². The van der Waals surface area contributed by atoms with Gasteiger partial charge in [-0.15, -0.1) is 0 Å². The fourth-order valence-corrected chi connectivity index (χ4v) is 5.01. The second-order valence-electron chi connectivity index (χ2n) is 7.36. The molecule has 1 saturated heterocycles. The average molecular weight is 423 g/mol. The number of carbonyl (C=O) groups excluding carboxylic acids is 3. The summed E-state index contributed by atoms with van der Waals surface area (Å²) in [6, 6.07) is 13.6. The van der Waals surface area contributed by atoms with E-state index in [1.54, 1.807) is 23.1 Å². The van der Waals surface area contributed by atoms with E-state index in [0.29, 0.717) is 18.5 Å². The monoisotopic (exact) mass is 423 g/mol. The van der Waals surface area contributed by atoms with Crippen LogP contribution in [0.5, 0.6) is 0 Å². The van der Waals surface area contributed by atoms with E-state index in [9.17, 15) is 18.8 Å². The molecule has 3 aromatic rings. The third kappa shape index (κ3) is 2.99. The summed E-state index contributed by atoms with van der Waals surface area (Å²) < 4.78 is 14.8. The second kappa shape index (κ2) is 7.28. The van der Waals surface area contributed by atoms with Gasteiger partial charge in [-0.2, -0.15) is 0 Å². The van der Waals surface area contributed by atoms with Crippen LogP contribution < -0.4 is 0 Å². The van der Waals surface area contributed by atoms with Crippen molar-refractivity contribution in [1.82, 2.24) is 14.8 Å². The molecule has 2 aliphatic rings. The number of halogens is 1. The normalized spacial score (nSPS) is 18.9. The molecule has 0 saturated carbocycles. The SMILES string of the molecule is O=C1CSC(=O)N1CC(=O)N1CCc2c([nH]c3ccccc23)C1c1ccccc1F. The molecule has 5 rings (SSSR count). The van der Waals surface area contributed by atoms with Gasteiger partial charge in [0.2, 0.25) is 11.8 Å². The van der Waals surface area contributed by atoms with E-state index in [1.807, 2.05) is 24.3 Å². The van der Waals surface area contributed by atoms with Crippen molar-refractivity contribution in [2.24, 2.45) is 0 Å². The third-order valence-corrected chi connectivity index (χ3v) is 6.55. The molecule has 30 heavy (non-hydrogen) atoms. The molecule has 3 heterocycles. The Morgan fingerprint density at radius 3 is 2.67 bits per heavy atom. The molecule has 2 aliphatic heterocycles. The quantitative estimate of drug-likeness (QED) is 0.700. The van der Waals surface area contributed by atoms with Crippen molar-refractivity contribution in [2.45, 2.75) is 12.5 Å². The Morgan fingerprint density at radius 1 is 1.13 bits per heavy atom. The number of fused-ring (bicyclic) bond motifs is 3. The zero-order valence-corrected chi connectivity index (χ0v) is 16.7. The number of carbonyl (C=O) groups is 3. The fourth-order valence-electron chi connectivity index (χ4n) is 4.29. The van der Waals surface area contributed by atoms with Crippen LogP contribution in [0.1, 0.15) is 22.9 Å². The van der Waals surface area contributed by atoms with Crippen LogP contribution in [-0.4, -0.2) is 50.7 Å². The van der Waals surface area contributed by atoms with Crippen LogP contribution in [-0.2, 0) is 16.0 Å². The molecule has 8 heteroatoms. The number of para-hydroxylation sites is 1. The largest absolute Gasteiger partial charge is 0.356 e. The van der Waals surface area contributed by atoms with Crippen molar-refractivity contribution in [3.63, 3.8) is 0 Å². The van der Waals surface area contributed by atoms with Gasteiger partial charge in [-0.05, 0) is 24.1 Å². The topological polar surface area (TPSA) is 73.5 Å². The summed E-state index contributed by atoms with van der Waals surface area (Å²) in [7, 11) is 0. The zero-order chi connectivity index (χ0) is 20.8. The predicted molar refractivity (Wildman–Crippen MR) is 112 cm³/mol. The lowest BCUT2D eigenvalue weighted by Gasteiger charge is -2.37. The van der Waals surface area contributed by atoms with Crippen LogP contribution >= 0.6 is 11.8 Å². The van der Waals surface area contributed by atoms with Gasteiger partial charge in [-0.3, -0.25) is 19.3 Å². The average Bonchev–Trinajstić information content (AvgIpc) is 3.28. The molecule has 1 atom stereocenters. The van der Waals surface area contributed by atoms with Crippen molar-refractivity contribution in [3.05, 3.63) is 71.2 Å². The summed E-state index contributed by atoms with van der Waals surface area (Å²) in [5, 5.41) is 0.640. The lowest BCUT2D eigenvalue weighted by molar-refractivity contribution is -0.138. The number of amides is 3. The molecule has 0 spiro atoms. The van der Waals surface area contributed by atoms with E-state index >= 15 is 0 Å². The number of thioether (sulfide) groups is 1. The summed E-state index contributed by atoms with van der Waals surface area (Å²) >= 11 is 0.894. The van der Waals surface area contributed by atoms with Crippen LogP contribution in [0.4, 0.5) is 9.18 Å². The minimum atomic E-state index is -0.657. The Bertz CT molecular complexity index is 1180. The molecule has 3 amide bonds. The van der Waals surface area contributed by atoms with Gasteiger partial charge >= 0.3 is 0 Å². The Balaban J connectivity index is 1.58. The molecule has 0 radical (unpaired) electrons. The van der Waals surface area contributed by atoms with E-state index in [-0.39, 0.29) is 24.1 Å². The molecule has 152 valence electrons. The van der Waals surface area contributed by atoms with Crippen LogP contribution in [0.2, 0.25) is 0 Å². The number of aromatic nitrogens is 1. The van der Waals surface area contributed by atoms with Gasteiger partial charge < -0.3 is 9.88 Å². The number of imide groups is 1. The van der Waals surface area contributed by atoms with Gasteiger partial charge in [0.05, 0.1) is 5.75 Å². The van der Waals surface area contributed by atoms with E-state index < -0.39 is 17.1 Å². The number of hydrogen-bond acceptors (Lipinski definition) is 4. The highest BCUT2D eigenvalue weighted by Crippen LogP contribution is 2.39. The van der Waals surface area contributed by atoms with Crippen LogP contribution in [0, 0.1) is 5.82 Å². The molecule has 2 aromatic carbocycles. The predicted octanol–water partition coefficient (Wildman–Crippen LogP) is 3.48. The number of benzene rings is 2. The van der Waals surface area contributed by atoms with Crippen molar-refractivity contribution < 1.29 is 18.8 Å². The maximum absolute atomic E-state index is 14.8. The van der Waals surface area contributed by atoms with E-state index in [1.165, 1.54) is 6.07 Å². The number of hydrogen-bond donors (Lipinski definition) is 1. The summed E-state index contributed by atoms with van der Waals surface area (Å²) in [6.07, 6.45) is 0.604. The molecule has 1 unspecified atom stereocenters. The molecular formula is C22H18FN3O3S. The molecule has 1 N–H and O–H groups in total. The minimum Gasteiger partial charge on any atom is -0.356 e. The van der Waals surface area contributed by atoms with Gasteiger partial charge in [0.15, 0.2) is 0 Å². The Labute approximate surface area is 176 Å². The lowest BCUT2D eigenvalue weighted by atomic mass is 9.92. The van der Waals surface area contributed by atoms with Crippen molar-refractivity contribution >= 4 is 39.7 Å². The maximum Gasteiger partial charge on any atom is 0.289 e.